The molecular formula is C21H19ClFNO3S. The molecule has 0 aliphatic carbocycles. The van der Waals surface area contributed by atoms with E-state index in [1.54, 1.807) is 55.5 Å². The fraction of sp³-hybridized carbons (Fsp3) is 0.143. The van der Waals surface area contributed by atoms with Crippen LogP contribution in [0.25, 0.3) is 0 Å². The smallest absolute Gasteiger partial charge is 0.264 e. The van der Waals surface area contributed by atoms with Crippen molar-refractivity contribution < 1.29 is 17.5 Å². The van der Waals surface area contributed by atoms with Crippen LogP contribution in [0.4, 0.5) is 10.1 Å². The van der Waals surface area contributed by atoms with Gasteiger partial charge in [0.05, 0.1) is 23.7 Å². The maximum Gasteiger partial charge on any atom is 0.264 e. The van der Waals surface area contributed by atoms with E-state index in [0.29, 0.717) is 16.5 Å². The summed E-state index contributed by atoms with van der Waals surface area (Å²) in [6.45, 7) is 1.77. The van der Waals surface area contributed by atoms with E-state index in [1.165, 1.54) is 29.6 Å². The Labute approximate surface area is 169 Å². The number of nitrogens with zero attached hydrogens (tertiary/aromatic N) is 1. The van der Waals surface area contributed by atoms with Gasteiger partial charge in [-0.1, -0.05) is 29.8 Å². The lowest BCUT2D eigenvalue weighted by Gasteiger charge is -2.31. The van der Waals surface area contributed by atoms with E-state index < -0.39 is 21.9 Å². The molecule has 0 N–H and O–H groups in total. The predicted octanol–water partition coefficient (Wildman–Crippen LogP) is 5.44. The van der Waals surface area contributed by atoms with Gasteiger partial charge in [-0.2, -0.15) is 0 Å². The Morgan fingerprint density at radius 3 is 2.21 bits per heavy atom. The predicted molar refractivity (Wildman–Crippen MR) is 109 cm³/mol. The van der Waals surface area contributed by atoms with Gasteiger partial charge in [0, 0.05) is 5.02 Å². The fourth-order valence-corrected chi connectivity index (χ4v) is 4.72. The van der Waals surface area contributed by atoms with Crippen molar-refractivity contribution >= 4 is 27.3 Å². The van der Waals surface area contributed by atoms with Crippen LogP contribution >= 0.6 is 11.6 Å². The van der Waals surface area contributed by atoms with E-state index in [4.69, 9.17) is 16.3 Å². The van der Waals surface area contributed by atoms with Gasteiger partial charge >= 0.3 is 0 Å². The van der Waals surface area contributed by atoms with E-state index in [2.05, 4.69) is 0 Å². The van der Waals surface area contributed by atoms with Crippen LogP contribution in [0.15, 0.2) is 77.7 Å². The van der Waals surface area contributed by atoms with Gasteiger partial charge in [0.15, 0.2) is 0 Å². The summed E-state index contributed by atoms with van der Waals surface area (Å²) in [5.41, 5.74) is 1.19. The number of methoxy groups -OCH3 is 1. The van der Waals surface area contributed by atoms with Crippen molar-refractivity contribution in [2.45, 2.75) is 17.9 Å². The number of sulfonamides is 1. The van der Waals surface area contributed by atoms with E-state index in [-0.39, 0.29) is 4.90 Å². The topological polar surface area (TPSA) is 46.6 Å². The van der Waals surface area contributed by atoms with Crippen molar-refractivity contribution in [1.82, 2.24) is 0 Å². The molecule has 0 saturated carbocycles. The van der Waals surface area contributed by atoms with Crippen molar-refractivity contribution in [1.29, 1.82) is 0 Å². The van der Waals surface area contributed by atoms with Crippen molar-refractivity contribution in [3.05, 3.63) is 89.2 Å². The lowest BCUT2D eigenvalue weighted by Crippen LogP contribution is -2.33. The zero-order valence-corrected chi connectivity index (χ0v) is 16.9. The van der Waals surface area contributed by atoms with E-state index >= 15 is 0 Å². The number of benzene rings is 3. The van der Waals surface area contributed by atoms with Crippen molar-refractivity contribution in [3.8, 4) is 5.75 Å². The summed E-state index contributed by atoms with van der Waals surface area (Å²) >= 11 is 5.96. The Balaban J connectivity index is 2.14. The zero-order valence-electron chi connectivity index (χ0n) is 15.3. The highest BCUT2D eigenvalue weighted by atomic mass is 35.5. The van der Waals surface area contributed by atoms with Crippen LogP contribution in [-0.2, 0) is 10.0 Å². The number of ether oxygens (including phenoxy) is 1. The number of hydrogen-bond donors (Lipinski definition) is 0. The summed E-state index contributed by atoms with van der Waals surface area (Å²) < 4.78 is 47.0. The van der Waals surface area contributed by atoms with Crippen LogP contribution in [-0.4, -0.2) is 15.5 Å². The molecule has 0 spiro atoms. The van der Waals surface area contributed by atoms with E-state index in [0.717, 1.165) is 11.6 Å². The normalized spacial score (nSPS) is 12.4. The third kappa shape index (κ3) is 4.13. The van der Waals surface area contributed by atoms with Gasteiger partial charge < -0.3 is 4.74 Å². The lowest BCUT2D eigenvalue weighted by atomic mass is 10.1. The van der Waals surface area contributed by atoms with Gasteiger partial charge in [-0.05, 0) is 67.1 Å². The molecule has 1 unspecified atom stereocenters. The molecule has 146 valence electrons. The van der Waals surface area contributed by atoms with Gasteiger partial charge in [-0.25, -0.2) is 12.8 Å². The number of halogens is 2. The molecule has 28 heavy (non-hydrogen) atoms. The molecule has 0 aliphatic rings. The molecular weight excluding hydrogens is 401 g/mol. The molecule has 7 heteroatoms. The molecule has 0 radical (unpaired) electrons. The van der Waals surface area contributed by atoms with Crippen molar-refractivity contribution in [2.24, 2.45) is 0 Å². The number of rotatable bonds is 6. The molecule has 0 heterocycles. The second-order valence-corrected chi connectivity index (χ2v) is 8.44. The summed E-state index contributed by atoms with van der Waals surface area (Å²) in [5, 5.41) is 0.555. The standard InChI is InChI=1S/C21H19ClFNO3S/c1-15(16-6-8-17(22)9-7-16)24(19-10-12-20(27-2)13-11-19)28(25,26)21-5-3-4-18(23)14-21/h3-15H,1-2H3. The van der Waals surface area contributed by atoms with Crippen molar-refractivity contribution in [3.63, 3.8) is 0 Å². The second-order valence-electron chi connectivity index (χ2n) is 6.18. The summed E-state index contributed by atoms with van der Waals surface area (Å²) in [6, 6.07) is 18.0. The fourth-order valence-electron chi connectivity index (χ4n) is 2.92. The van der Waals surface area contributed by atoms with E-state index in [1.807, 2.05) is 0 Å². The Morgan fingerprint density at radius 2 is 1.64 bits per heavy atom. The third-order valence-electron chi connectivity index (χ3n) is 4.38. The Kier molecular flexibility index (Phi) is 5.91. The molecule has 3 aromatic rings. The summed E-state index contributed by atoms with van der Waals surface area (Å²) in [6.07, 6.45) is 0. The third-order valence-corrected chi connectivity index (χ3v) is 6.53. The van der Waals surface area contributed by atoms with E-state index in [9.17, 15) is 12.8 Å². The molecule has 0 saturated heterocycles. The first kappa shape index (κ1) is 20.2. The van der Waals surface area contributed by atoms with Crippen LogP contribution in [0.1, 0.15) is 18.5 Å². The van der Waals surface area contributed by atoms with Gasteiger partial charge in [-0.3, -0.25) is 4.31 Å². The average molecular weight is 420 g/mol. The molecule has 3 aromatic carbocycles. The molecule has 0 amide bonds. The molecule has 0 aliphatic heterocycles. The molecule has 3 rings (SSSR count). The molecule has 4 nitrogen and oxygen atoms in total. The quantitative estimate of drug-likeness (QED) is 0.534. The minimum Gasteiger partial charge on any atom is -0.497 e. The second kappa shape index (κ2) is 8.20. The highest BCUT2D eigenvalue weighted by molar-refractivity contribution is 7.92. The van der Waals surface area contributed by atoms with Gasteiger partial charge in [0.25, 0.3) is 10.0 Å². The first-order valence-electron chi connectivity index (χ1n) is 8.52. The van der Waals surface area contributed by atoms with Gasteiger partial charge in [-0.15, -0.1) is 0 Å². The minimum absolute atomic E-state index is 0.121. The SMILES string of the molecule is COc1ccc(N(C(C)c2ccc(Cl)cc2)S(=O)(=O)c2cccc(F)c2)cc1. The maximum absolute atomic E-state index is 13.7. The van der Waals surface area contributed by atoms with Crippen LogP contribution in [0.2, 0.25) is 5.02 Å². The largest absolute Gasteiger partial charge is 0.497 e. The zero-order chi connectivity index (χ0) is 20.3. The highest BCUT2D eigenvalue weighted by Crippen LogP contribution is 2.34. The molecule has 0 fully saturated rings. The molecule has 0 aromatic heterocycles. The van der Waals surface area contributed by atoms with Crippen LogP contribution in [0.5, 0.6) is 5.75 Å². The summed E-state index contributed by atoms with van der Waals surface area (Å²) in [4.78, 5) is -0.121. The van der Waals surface area contributed by atoms with Crippen LogP contribution in [0, 0.1) is 5.82 Å². The van der Waals surface area contributed by atoms with Crippen LogP contribution in [0.3, 0.4) is 0 Å². The van der Waals surface area contributed by atoms with Gasteiger partial charge in [0.2, 0.25) is 0 Å². The number of anilines is 1. The first-order chi connectivity index (χ1) is 13.3. The number of hydrogen-bond acceptors (Lipinski definition) is 3. The first-order valence-corrected chi connectivity index (χ1v) is 10.3. The Bertz CT molecular complexity index is 1050. The van der Waals surface area contributed by atoms with Crippen molar-refractivity contribution in [2.75, 3.05) is 11.4 Å². The highest BCUT2D eigenvalue weighted by Gasteiger charge is 2.30. The lowest BCUT2D eigenvalue weighted by molar-refractivity contribution is 0.415. The Morgan fingerprint density at radius 1 is 1.00 bits per heavy atom. The average Bonchev–Trinajstić information content (AvgIpc) is 2.69. The minimum atomic E-state index is -4.03. The summed E-state index contributed by atoms with van der Waals surface area (Å²) in [7, 11) is -2.50. The van der Waals surface area contributed by atoms with Crippen LogP contribution < -0.4 is 9.04 Å². The maximum atomic E-state index is 13.7. The van der Waals surface area contributed by atoms with Gasteiger partial charge in [0.1, 0.15) is 11.6 Å². The monoisotopic (exact) mass is 419 g/mol. The Hall–Kier alpha value is -2.57. The molecule has 1 atom stereocenters. The molecule has 0 bridgehead atoms. The summed E-state index contributed by atoms with van der Waals surface area (Å²) in [5.74, 6) is -0.0131.